The molecule has 2 aliphatic rings. The summed E-state index contributed by atoms with van der Waals surface area (Å²) in [5.41, 5.74) is 2.08. The number of thioether (sulfide) groups is 1. The number of aromatic amines is 1. The van der Waals surface area contributed by atoms with Crippen LogP contribution in [-0.2, 0) is 6.42 Å². The van der Waals surface area contributed by atoms with Gasteiger partial charge in [-0.1, -0.05) is 12.1 Å². The molecule has 2 aromatic rings. The van der Waals surface area contributed by atoms with Gasteiger partial charge in [0.25, 0.3) is 0 Å². The fourth-order valence-electron chi connectivity index (χ4n) is 3.85. The highest BCUT2D eigenvalue weighted by Gasteiger charge is 2.28. The van der Waals surface area contributed by atoms with Crippen LogP contribution in [0.5, 0.6) is 0 Å². The summed E-state index contributed by atoms with van der Waals surface area (Å²) in [6.07, 6.45) is 2.73. The number of carbonyl (C=O) groups excluding carboxylic acids is 1. The number of hydrogen-bond donors (Lipinski definition) is 2. The summed E-state index contributed by atoms with van der Waals surface area (Å²) in [6, 6.07) is 7.98. The SMILES string of the molecule is O=C(Nc1ccc(CCN2CCSCC2)cc1)N1CCC[C@H](c2n[nH]c(=O)o2)C1. The number of benzene rings is 1. The van der Waals surface area contributed by atoms with Crippen molar-refractivity contribution in [1.82, 2.24) is 20.0 Å². The number of H-pyrrole nitrogens is 1. The number of likely N-dealkylation sites (tertiary alicyclic amines) is 1. The van der Waals surface area contributed by atoms with Crippen molar-refractivity contribution in [2.75, 3.05) is 49.5 Å². The van der Waals surface area contributed by atoms with E-state index >= 15 is 0 Å². The van der Waals surface area contributed by atoms with Crippen molar-refractivity contribution in [2.24, 2.45) is 0 Å². The maximum atomic E-state index is 12.7. The molecule has 0 spiro atoms. The lowest BCUT2D eigenvalue weighted by molar-refractivity contribution is 0.186. The quantitative estimate of drug-likeness (QED) is 0.776. The molecule has 2 amide bonds. The van der Waals surface area contributed by atoms with Crippen molar-refractivity contribution < 1.29 is 9.21 Å². The van der Waals surface area contributed by atoms with Crippen molar-refractivity contribution in [1.29, 1.82) is 0 Å². The number of hydrogen-bond acceptors (Lipinski definition) is 6. The maximum absolute atomic E-state index is 12.7. The summed E-state index contributed by atoms with van der Waals surface area (Å²) in [5, 5.41) is 9.18. The van der Waals surface area contributed by atoms with E-state index in [1.807, 2.05) is 23.9 Å². The number of piperidine rings is 1. The molecule has 1 atom stereocenters. The Bertz CT molecular complexity index is 860. The van der Waals surface area contributed by atoms with Gasteiger partial charge in [-0.15, -0.1) is 5.10 Å². The van der Waals surface area contributed by atoms with Crippen LogP contribution >= 0.6 is 11.8 Å². The average Bonchev–Trinajstić information content (AvgIpc) is 3.20. The van der Waals surface area contributed by atoms with Gasteiger partial charge in [-0.05, 0) is 37.0 Å². The first-order chi connectivity index (χ1) is 14.2. The highest BCUT2D eigenvalue weighted by molar-refractivity contribution is 7.99. The summed E-state index contributed by atoms with van der Waals surface area (Å²) >= 11 is 2.03. The monoisotopic (exact) mass is 417 g/mol. The fraction of sp³-hybridized carbons (Fsp3) is 0.550. The van der Waals surface area contributed by atoms with Crippen molar-refractivity contribution in [3.05, 3.63) is 46.3 Å². The normalized spacial score (nSPS) is 20.6. The number of amides is 2. The molecule has 29 heavy (non-hydrogen) atoms. The van der Waals surface area contributed by atoms with E-state index in [1.54, 1.807) is 4.90 Å². The van der Waals surface area contributed by atoms with Crippen LogP contribution in [-0.4, -0.2) is 70.3 Å². The molecule has 3 heterocycles. The molecule has 9 heteroatoms. The lowest BCUT2D eigenvalue weighted by Crippen LogP contribution is -2.41. The Morgan fingerprint density at radius 3 is 2.76 bits per heavy atom. The molecule has 2 saturated heterocycles. The van der Waals surface area contributed by atoms with E-state index in [9.17, 15) is 9.59 Å². The molecule has 2 fully saturated rings. The van der Waals surface area contributed by atoms with E-state index < -0.39 is 5.76 Å². The van der Waals surface area contributed by atoms with Crippen LogP contribution in [0.4, 0.5) is 10.5 Å². The lowest BCUT2D eigenvalue weighted by atomic mass is 9.98. The number of anilines is 1. The Balaban J connectivity index is 1.28. The van der Waals surface area contributed by atoms with Gasteiger partial charge < -0.3 is 19.5 Å². The third kappa shape index (κ3) is 5.42. The van der Waals surface area contributed by atoms with Gasteiger partial charge in [0.1, 0.15) is 0 Å². The first-order valence-electron chi connectivity index (χ1n) is 10.2. The zero-order chi connectivity index (χ0) is 20.1. The second-order valence-electron chi connectivity index (χ2n) is 7.57. The van der Waals surface area contributed by atoms with E-state index in [2.05, 4.69) is 32.5 Å². The van der Waals surface area contributed by atoms with Crippen molar-refractivity contribution in [3.8, 4) is 0 Å². The van der Waals surface area contributed by atoms with Crippen LogP contribution in [0, 0.1) is 0 Å². The molecule has 0 bridgehead atoms. The summed E-state index contributed by atoms with van der Waals surface area (Å²) in [7, 11) is 0. The van der Waals surface area contributed by atoms with Crippen LogP contribution < -0.4 is 11.1 Å². The predicted octanol–water partition coefficient (Wildman–Crippen LogP) is 2.37. The van der Waals surface area contributed by atoms with Gasteiger partial charge in [0.05, 0.1) is 5.92 Å². The number of urea groups is 1. The number of aromatic nitrogens is 2. The number of nitrogens with zero attached hydrogens (tertiary/aromatic N) is 3. The minimum Gasteiger partial charge on any atom is -0.392 e. The van der Waals surface area contributed by atoms with Gasteiger partial charge in [-0.2, -0.15) is 11.8 Å². The standard InChI is InChI=1S/C20H27N5O3S/c26-19(25-8-1-2-16(14-25)18-22-23-20(27)28-18)21-17-5-3-15(4-6-17)7-9-24-10-12-29-13-11-24/h3-6,16H,1-2,7-14H2,(H,21,26)(H,23,27)/t16-/m0/s1. The molecule has 1 aromatic heterocycles. The minimum atomic E-state index is -0.555. The number of nitrogens with one attached hydrogen (secondary N) is 2. The Morgan fingerprint density at radius 1 is 1.24 bits per heavy atom. The average molecular weight is 418 g/mol. The van der Waals surface area contributed by atoms with Crippen molar-refractivity contribution >= 4 is 23.5 Å². The minimum absolute atomic E-state index is 0.0518. The third-order valence-corrected chi connectivity index (χ3v) is 6.48. The molecule has 1 aromatic carbocycles. The highest BCUT2D eigenvalue weighted by atomic mass is 32.2. The first-order valence-corrected chi connectivity index (χ1v) is 11.3. The summed E-state index contributed by atoms with van der Waals surface area (Å²) < 4.78 is 5.06. The zero-order valence-electron chi connectivity index (χ0n) is 16.4. The van der Waals surface area contributed by atoms with Gasteiger partial charge >= 0.3 is 11.8 Å². The Hall–Kier alpha value is -2.26. The van der Waals surface area contributed by atoms with Gasteiger partial charge in [0.15, 0.2) is 0 Å². The van der Waals surface area contributed by atoms with Crippen LogP contribution in [0.15, 0.2) is 33.5 Å². The molecule has 2 N–H and O–H groups in total. The highest BCUT2D eigenvalue weighted by Crippen LogP contribution is 2.25. The van der Waals surface area contributed by atoms with Crippen molar-refractivity contribution in [2.45, 2.75) is 25.2 Å². The van der Waals surface area contributed by atoms with E-state index in [0.717, 1.165) is 31.5 Å². The summed E-state index contributed by atoms with van der Waals surface area (Å²) in [4.78, 5) is 28.1. The fourth-order valence-corrected chi connectivity index (χ4v) is 4.83. The molecular weight excluding hydrogens is 390 g/mol. The maximum Gasteiger partial charge on any atom is 0.434 e. The molecular formula is C20H27N5O3S. The molecule has 0 unspecified atom stereocenters. The Kier molecular flexibility index (Phi) is 6.56. The zero-order valence-corrected chi connectivity index (χ0v) is 17.2. The van der Waals surface area contributed by atoms with E-state index in [0.29, 0.717) is 19.0 Å². The molecule has 0 radical (unpaired) electrons. The number of carbonyl (C=O) groups is 1. The Labute approximate surface area is 174 Å². The predicted molar refractivity (Wildman–Crippen MR) is 114 cm³/mol. The van der Waals surface area contributed by atoms with Gasteiger partial charge in [0, 0.05) is 49.9 Å². The van der Waals surface area contributed by atoms with E-state index in [-0.39, 0.29) is 11.9 Å². The van der Waals surface area contributed by atoms with E-state index in [4.69, 9.17) is 4.42 Å². The topological polar surface area (TPSA) is 94.5 Å². The van der Waals surface area contributed by atoms with Crippen LogP contribution in [0.25, 0.3) is 0 Å². The molecule has 0 aliphatic carbocycles. The van der Waals surface area contributed by atoms with Gasteiger partial charge in [-0.3, -0.25) is 0 Å². The summed E-state index contributed by atoms with van der Waals surface area (Å²) in [6.45, 7) is 4.62. The van der Waals surface area contributed by atoms with Gasteiger partial charge in [0.2, 0.25) is 5.89 Å². The van der Waals surface area contributed by atoms with Crippen molar-refractivity contribution in [3.63, 3.8) is 0 Å². The summed E-state index contributed by atoms with van der Waals surface area (Å²) in [5.74, 6) is 2.23. The van der Waals surface area contributed by atoms with Crippen LogP contribution in [0.1, 0.15) is 30.2 Å². The third-order valence-electron chi connectivity index (χ3n) is 5.54. The Morgan fingerprint density at radius 2 is 2.03 bits per heavy atom. The second-order valence-corrected chi connectivity index (χ2v) is 8.79. The van der Waals surface area contributed by atoms with Gasteiger partial charge in [-0.25, -0.2) is 14.7 Å². The molecule has 0 saturated carbocycles. The molecule has 4 rings (SSSR count). The largest absolute Gasteiger partial charge is 0.434 e. The lowest BCUT2D eigenvalue weighted by Gasteiger charge is -2.31. The molecule has 156 valence electrons. The van der Waals surface area contributed by atoms with E-state index in [1.165, 1.54) is 30.2 Å². The number of rotatable bonds is 5. The van der Waals surface area contributed by atoms with Crippen LogP contribution in [0.2, 0.25) is 0 Å². The second kappa shape index (κ2) is 9.49. The molecule has 2 aliphatic heterocycles. The molecule has 8 nitrogen and oxygen atoms in total. The first kappa shape index (κ1) is 20.0. The van der Waals surface area contributed by atoms with Crippen LogP contribution in [0.3, 0.4) is 0 Å². The smallest absolute Gasteiger partial charge is 0.392 e.